The summed E-state index contributed by atoms with van der Waals surface area (Å²) in [5.74, 6) is -1.57. The quantitative estimate of drug-likeness (QED) is 0.945. The zero-order valence-corrected chi connectivity index (χ0v) is 10.6. The van der Waals surface area contributed by atoms with E-state index in [4.69, 9.17) is 0 Å². The van der Waals surface area contributed by atoms with Gasteiger partial charge in [-0.15, -0.1) is 10.2 Å². The van der Waals surface area contributed by atoms with Crippen molar-refractivity contribution >= 4 is 11.6 Å². The number of halogens is 3. The van der Waals surface area contributed by atoms with Crippen LogP contribution in [0.5, 0.6) is 0 Å². The molecule has 110 valence electrons. The van der Waals surface area contributed by atoms with E-state index in [0.29, 0.717) is 11.3 Å². The number of carbonyl (C=O) groups is 1. The van der Waals surface area contributed by atoms with Gasteiger partial charge < -0.3 is 9.73 Å². The zero-order chi connectivity index (χ0) is 15.0. The van der Waals surface area contributed by atoms with Crippen LogP contribution in [0.1, 0.15) is 18.7 Å². The van der Waals surface area contributed by atoms with Crippen LogP contribution >= 0.6 is 0 Å². The minimum atomic E-state index is -4.66. The average molecular weight is 297 g/mol. The first-order valence-electron chi connectivity index (χ1n) is 6.25. The molecule has 21 heavy (non-hydrogen) atoms. The molecule has 3 rings (SSSR count). The topological polar surface area (TPSA) is 68.0 Å². The largest absolute Gasteiger partial charge is 0.470 e. The Morgan fingerprint density at radius 2 is 1.86 bits per heavy atom. The van der Waals surface area contributed by atoms with Crippen LogP contribution in [0, 0.1) is 5.92 Å². The third kappa shape index (κ3) is 3.04. The molecular formula is C13H10F3N3O2. The first-order valence-corrected chi connectivity index (χ1v) is 6.25. The molecule has 1 aliphatic carbocycles. The fourth-order valence-electron chi connectivity index (χ4n) is 1.74. The predicted molar refractivity (Wildman–Crippen MR) is 66.1 cm³/mol. The molecule has 8 heteroatoms. The van der Waals surface area contributed by atoms with E-state index in [1.165, 1.54) is 12.1 Å². The molecule has 0 aliphatic heterocycles. The lowest BCUT2D eigenvalue weighted by molar-refractivity contribution is -0.156. The van der Waals surface area contributed by atoms with Gasteiger partial charge >= 0.3 is 12.1 Å². The maximum atomic E-state index is 12.4. The summed E-state index contributed by atoms with van der Waals surface area (Å²) in [5, 5.41) is 9.04. The number of nitrogens with one attached hydrogen (secondary N) is 1. The smallest absolute Gasteiger partial charge is 0.413 e. The summed E-state index contributed by atoms with van der Waals surface area (Å²) in [5.41, 5.74) is 0.925. The van der Waals surface area contributed by atoms with Crippen LogP contribution in [0.2, 0.25) is 0 Å². The lowest BCUT2D eigenvalue weighted by atomic mass is 10.2. The fraction of sp³-hybridized carbons (Fsp3) is 0.308. The molecule has 1 aromatic heterocycles. The van der Waals surface area contributed by atoms with Gasteiger partial charge in [-0.25, -0.2) is 0 Å². The van der Waals surface area contributed by atoms with Gasteiger partial charge in [0, 0.05) is 17.2 Å². The van der Waals surface area contributed by atoms with E-state index in [2.05, 4.69) is 19.9 Å². The second kappa shape index (κ2) is 4.87. The lowest BCUT2D eigenvalue weighted by Gasteiger charge is -2.04. The van der Waals surface area contributed by atoms with Crippen LogP contribution in [-0.4, -0.2) is 16.1 Å². The van der Waals surface area contributed by atoms with Crippen LogP contribution in [0.25, 0.3) is 11.5 Å². The molecule has 2 aromatic rings. The third-order valence-corrected chi connectivity index (χ3v) is 3.02. The number of hydrogen-bond acceptors (Lipinski definition) is 4. The first kappa shape index (κ1) is 13.6. The molecule has 1 heterocycles. The van der Waals surface area contributed by atoms with E-state index in [9.17, 15) is 18.0 Å². The highest BCUT2D eigenvalue weighted by atomic mass is 19.4. The van der Waals surface area contributed by atoms with Crippen LogP contribution in [-0.2, 0) is 11.0 Å². The zero-order valence-electron chi connectivity index (χ0n) is 10.6. The van der Waals surface area contributed by atoms with Gasteiger partial charge in [-0.3, -0.25) is 4.79 Å². The van der Waals surface area contributed by atoms with Crippen molar-refractivity contribution in [2.24, 2.45) is 5.92 Å². The standard InChI is InChI=1S/C13H10F3N3O2/c14-13(15,16)12-19-18-11(21-12)8-3-5-9(6-4-8)17-10(20)7-1-2-7/h3-7H,1-2H2,(H,17,20). The van der Waals surface area contributed by atoms with Crippen molar-refractivity contribution in [3.8, 4) is 11.5 Å². The number of alkyl halides is 3. The van der Waals surface area contributed by atoms with E-state index in [1.54, 1.807) is 12.1 Å². The van der Waals surface area contributed by atoms with E-state index >= 15 is 0 Å². The number of hydrogen-bond donors (Lipinski definition) is 1. The van der Waals surface area contributed by atoms with Crippen LogP contribution in [0.4, 0.5) is 18.9 Å². The molecule has 0 saturated heterocycles. The molecule has 1 aliphatic rings. The molecular weight excluding hydrogens is 287 g/mol. The minimum absolute atomic E-state index is 0.0418. The van der Waals surface area contributed by atoms with Gasteiger partial charge in [-0.05, 0) is 37.1 Å². The molecule has 1 aromatic carbocycles. The summed E-state index contributed by atoms with van der Waals surface area (Å²) in [6.45, 7) is 0. The molecule has 0 spiro atoms. The minimum Gasteiger partial charge on any atom is -0.413 e. The summed E-state index contributed by atoms with van der Waals surface area (Å²) in [4.78, 5) is 11.6. The van der Waals surface area contributed by atoms with Gasteiger partial charge in [0.1, 0.15) is 0 Å². The van der Waals surface area contributed by atoms with Crippen molar-refractivity contribution in [1.82, 2.24) is 10.2 Å². The Morgan fingerprint density at radius 1 is 1.19 bits per heavy atom. The average Bonchev–Trinajstić information content (AvgIpc) is 3.15. The Kier molecular flexibility index (Phi) is 3.15. The molecule has 5 nitrogen and oxygen atoms in total. The van der Waals surface area contributed by atoms with E-state index in [0.717, 1.165) is 12.8 Å². The van der Waals surface area contributed by atoms with Crippen molar-refractivity contribution in [1.29, 1.82) is 0 Å². The van der Waals surface area contributed by atoms with Gasteiger partial charge in [-0.1, -0.05) is 0 Å². The molecule has 1 N–H and O–H groups in total. The SMILES string of the molecule is O=C(Nc1ccc(-c2nnc(C(F)(F)F)o2)cc1)C1CC1. The van der Waals surface area contributed by atoms with Gasteiger partial charge in [0.15, 0.2) is 0 Å². The van der Waals surface area contributed by atoms with Crippen LogP contribution < -0.4 is 5.32 Å². The summed E-state index contributed by atoms with van der Waals surface area (Å²) in [6.07, 6.45) is -2.87. The highest BCUT2D eigenvalue weighted by molar-refractivity contribution is 5.94. The number of benzene rings is 1. The molecule has 1 saturated carbocycles. The number of aromatic nitrogens is 2. The van der Waals surface area contributed by atoms with Crippen molar-refractivity contribution in [2.75, 3.05) is 5.32 Å². The van der Waals surface area contributed by atoms with Gasteiger partial charge in [0.05, 0.1) is 0 Å². The Hall–Kier alpha value is -2.38. The summed E-state index contributed by atoms with van der Waals surface area (Å²) >= 11 is 0. The summed E-state index contributed by atoms with van der Waals surface area (Å²) in [7, 11) is 0. The van der Waals surface area contributed by atoms with Crippen LogP contribution in [0.3, 0.4) is 0 Å². The van der Waals surface area contributed by atoms with E-state index < -0.39 is 12.1 Å². The van der Waals surface area contributed by atoms with E-state index in [-0.39, 0.29) is 17.7 Å². The molecule has 1 fully saturated rings. The molecule has 0 atom stereocenters. The Morgan fingerprint density at radius 3 is 2.38 bits per heavy atom. The Balaban J connectivity index is 1.74. The van der Waals surface area contributed by atoms with Crippen molar-refractivity contribution < 1.29 is 22.4 Å². The second-order valence-corrected chi connectivity index (χ2v) is 4.75. The maximum Gasteiger partial charge on any atom is 0.470 e. The maximum absolute atomic E-state index is 12.4. The number of amides is 1. The summed E-state index contributed by atoms with van der Waals surface area (Å²) in [6, 6.07) is 6.17. The molecule has 0 radical (unpaired) electrons. The fourth-order valence-corrected chi connectivity index (χ4v) is 1.74. The van der Waals surface area contributed by atoms with Gasteiger partial charge in [0.2, 0.25) is 11.8 Å². The van der Waals surface area contributed by atoms with Crippen molar-refractivity contribution in [2.45, 2.75) is 19.0 Å². The van der Waals surface area contributed by atoms with Gasteiger partial charge in [-0.2, -0.15) is 13.2 Å². The highest BCUT2D eigenvalue weighted by Crippen LogP contribution is 2.32. The molecule has 0 unspecified atom stereocenters. The third-order valence-electron chi connectivity index (χ3n) is 3.02. The Labute approximate surface area is 117 Å². The van der Waals surface area contributed by atoms with Gasteiger partial charge in [0.25, 0.3) is 0 Å². The Bertz CT molecular complexity index is 660. The van der Waals surface area contributed by atoms with Crippen LogP contribution in [0.15, 0.2) is 28.7 Å². The van der Waals surface area contributed by atoms with Crippen molar-refractivity contribution in [3.63, 3.8) is 0 Å². The molecule has 0 bridgehead atoms. The number of nitrogens with zero attached hydrogens (tertiary/aromatic N) is 2. The number of rotatable bonds is 3. The highest BCUT2D eigenvalue weighted by Gasteiger charge is 2.38. The summed E-state index contributed by atoms with van der Waals surface area (Å²) < 4.78 is 41.7. The number of carbonyl (C=O) groups excluding carboxylic acids is 1. The monoisotopic (exact) mass is 297 g/mol. The van der Waals surface area contributed by atoms with E-state index in [1.807, 2.05) is 0 Å². The number of anilines is 1. The predicted octanol–water partition coefficient (Wildman–Crippen LogP) is 3.10. The first-order chi connectivity index (χ1) is 9.93. The van der Waals surface area contributed by atoms with Crippen molar-refractivity contribution in [3.05, 3.63) is 30.2 Å². The lowest BCUT2D eigenvalue weighted by Crippen LogP contribution is -2.12. The normalized spacial score (nSPS) is 15.0. The second-order valence-electron chi connectivity index (χ2n) is 4.75. The molecule has 1 amide bonds.